The summed E-state index contributed by atoms with van der Waals surface area (Å²) in [5.74, 6) is -0.175. The van der Waals surface area contributed by atoms with Crippen molar-refractivity contribution in [2.75, 3.05) is 13.1 Å². The van der Waals surface area contributed by atoms with Gasteiger partial charge in [-0.1, -0.05) is 11.6 Å². The van der Waals surface area contributed by atoms with Gasteiger partial charge in [0.1, 0.15) is 0 Å². The summed E-state index contributed by atoms with van der Waals surface area (Å²) in [6.07, 6.45) is 0.615. The van der Waals surface area contributed by atoms with Gasteiger partial charge in [-0.05, 0) is 41.9 Å². The Kier molecular flexibility index (Phi) is 5.15. The quantitative estimate of drug-likeness (QED) is 0.798. The topological polar surface area (TPSA) is 37.4 Å². The molecule has 0 bridgehead atoms. The van der Waals surface area contributed by atoms with Crippen LogP contribution in [0.1, 0.15) is 34.6 Å². The number of amides is 1. The smallest absolute Gasteiger partial charge is 0.254 e. The molecular formula is C12H13BrClNO2. The van der Waals surface area contributed by atoms with Crippen molar-refractivity contribution in [1.29, 1.82) is 0 Å². The molecule has 0 aliphatic carbocycles. The van der Waals surface area contributed by atoms with Crippen LogP contribution in [-0.4, -0.2) is 30.2 Å². The van der Waals surface area contributed by atoms with Crippen LogP contribution in [0.5, 0.6) is 0 Å². The highest BCUT2D eigenvalue weighted by atomic mass is 79.9. The van der Waals surface area contributed by atoms with Gasteiger partial charge in [0.2, 0.25) is 0 Å². The molecule has 0 N–H and O–H groups in total. The average molecular weight is 319 g/mol. The van der Waals surface area contributed by atoms with Crippen molar-refractivity contribution in [2.24, 2.45) is 0 Å². The van der Waals surface area contributed by atoms with E-state index in [2.05, 4.69) is 15.9 Å². The summed E-state index contributed by atoms with van der Waals surface area (Å²) in [5.41, 5.74) is 0.579. The fraction of sp³-hybridized carbons (Fsp3) is 0.333. The number of aldehydes is 1. The molecule has 17 heavy (non-hydrogen) atoms. The summed E-state index contributed by atoms with van der Waals surface area (Å²) in [6.45, 7) is 4.98. The fourth-order valence-corrected chi connectivity index (χ4v) is 2.10. The lowest BCUT2D eigenvalue weighted by molar-refractivity contribution is 0.0770. The lowest BCUT2D eigenvalue weighted by atomic mass is 10.1. The Balaban J connectivity index is 3.27. The van der Waals surface area contributed by atoms with Crippen LogP contribution in [0.25, 0.3) is 0 Å². The molecule has 1 rings (SSSR count). The van der Waals surface area contributed by atoms with Crippen LogP contribution in [0.2, 0.25) is 5.02 Å². The summed E-state index contributed by atoms with van der Waals surface area (Å²) in [6, 6.07) is 3.28. The molecule has 0 aromatic heterocycles. The molecule has 0 saturated heterocycles. The molecule has 1 amide bonds. The van der Waals surface area contributed by atoms with Gasteiger partial charge in [0.05, 0.1) is 10.6 Å². The van der Waals surface area contributed by atoms with E-state index < -0.39 is 0 Å². The molecule has 3 nitrogen and oxygen atoms in total. The normalized spacial score (nSPS) is 10.1. The minimum absolute atomic E-state index is 0.175. The molecule has 0 unspecified atom stereocenters. The van der Waals surface area contributed by atoms with E-state index in [1.807, 2.05) is 13.8 Å². The van der Waals surface area contributed by atoms with Crippen LogP contribution in [-0.2, 0) is 0 Å². The molecule has 0 atom stereocenters. The number of carbonyl (C=O) groups excluding carboxylic acids is 2. The lowest BCUT2D eigenvalue weighted by Gasteiger charge is -2.19. The van der Waals surface area contributed by atoms with Crippen LogP contribution in [0.15, 0.2) is 16.6 Å². The zero-order chi connectivity index (χ0) is 13.0. The van der Waals surface area contributed by atoms with Crippen molar-refractivity contribution in [3.8, 4) is 0 Å². The Morgan fingerprint density at radius 2 is 2.00 bits per heavy atom. The van der Waals surface area contributed by atoms with Crippen LogP contribution in [0, 0.1) is 0 Å². The Morgan fingerprint density at radius 3 is 2.47 bits per heavy atom. The number of hydrogen-bond acceptors (Lipinski definition) is 2. The first-order valence-corrected chi connectivity index (χ1v) is 6.46. The van der Waals surface area contributed by atoms with Gasteiger partial charge in [-0.2, -0.15) is 0 Å². The number of benzene rings is 1. The zero-order valence-electron chi connectivity index (χ0n) is 9.67. The molecule has 0 aliphatic rings. The molecule has 1 aromatic rings. The van der Waals surface area contributed by atoms with Gasteiger partial charge in [0.15, 0.2) is 6.29 Å². The molecule has 92 valence electrons. The Labute approximate surface area is 114 Å². The maximum Gasteiger partial charge on any atom is 0.254 e. The molecule has 0 aliphatic heterocycles. The van der Waals surface area contributed by atoms with Crippen molar-refractivity contribution < 1.29 is 9.59 Å². The summed E-state index contributed by atoms with van der Waals surface area (Å²) in [7, 11) is 0. The van der Waals surface area contributed by atoms with Gasteiger partial charge in [-0.3, -0.25) is 9.59 Å². The molecule has 0 spiro atoms. The standard InChI is InChI=1S/C12H13BrClNO2/c1-3-15(4-2)12(17)8-5-6-10(13)11(14)9(8)7-16/h5-7H,3-4H2,1-2H3. The van der Waals surface area contributed by atoms with E-state index in [9.17, 15) is 9.59 Å². The maximum atomic E-state index is 12.1. The first kappa shape index (κ1) is 14.2. The van der Waals surface area contributed by atoms with E-state index in [0.717, 1.165) is 0 Å². The highest BCUT2D eigenvalue weighted by molar-refractivity contribution is 9.10. The van der Waals surface area contributed by atoms with Crippen LogP contribution in [0.4, 0.5) is 0 Å². The summed E-state index contributed by atoms with van der Waals surface area (Å²) >= 11 is 9.21. The third-order valence-electron chi connectivity index (χ3n) is 2.53. The predicted molar refractivity (Wildman–Crippen MR) is 71.8 cm³/mol. The third kappa shape index (κ3) is 2.87. The highest BCUT2D eigenvalue weighted by Gasteiger charge is 2.19. The first-order chi connectivity index (χ1) is 8.06. The number of nitrogens with zero attached hydrogens (tertiary/aromatic N) is 1. The van der Waals surface area contributed by atoms with Gasteiger partial charge in [0, 0.05) is 23.1 Å². The average Bonchev–Trinajstić information content (AvgIpc) is 2.33. The van der Waals surface area contributed by atoms with E-state index in [1.165, 1.54) is 0 Å². The minimum atomic E-state index is -0.175. The van der Waals surface area contributed by atoms with Crippen LogP contribution >= 0.6 is 27.5 Å². The van der Waals surface area contributed by atoms with Crippen molar-refractivity contribution in [3.05, 3.63) is 32.8 Å². The van der Waals surface area contributed by atoms with Crippen molar-refractivity contribution >= 4 is 39.7 Å². The Hall–Kier alpha value is -0.870. The van der Waals surface area contributed by atoms with Gasteiger partial charge >= 0.3 is 0 Å². The number of carbonyl (C=O) groups is 2. The van der Waals surface area contributed by atoms with Crippen molar-refractivity contribution in [2.45, 2.75) is 13.8 Å². The molecule has 0 fully saturated rings. The van der Waals surface area contributed by atoms with E-state index in [-0.39, 0.29) is 16.5 Å². The minimum Gasteiger partial charge on any atom is -0.339 e. The van der Waals surface area contributed by atoms with Crippen molar-refractivity contribution in [1.82, 2.24) is 4.90 Å². The molecule has 1 aromatic carbocycles. The molecule has 0 saturated carbocycles. The molecular weight excluding hydrogens is 305 g/mol. The molecule has 5 heteroatoms. The SMILES string of the molecule is CCN(CC)C(=O)c1ccc(Br)c(Cl)c1C=O. The number of halogens is 2. The van der Waals surface area contributed by atoms with E-state index >= 15 is 0 Å². The second kappa shape index (κ2) is 6.17. The van der Waals surface area contributed by atoms with Crippen LogP contribution in [0.3, 0.4) is 0 Å². The summed E-state index contributed by atoms with van der Waals surface area (Å²) < 4.78 is 0.609. The van der Waals surface area contributed by atoms with Gasteiger partial charge in [-0.25, -0.2) is 0 Å². The third-order valence-corrected chi connectivity index (χ3v) is 3.83. The summed E-state index contributed by atoms with van der Waals surface area (Å²) in [5, 5.41) is 0.276. The first-order valence-electron chi connectivity index (χ1n) is 5.29. The van der Waals surface area contributed by atoms with Gasteiger partial charge in [-0.15, -0.1) is 0 Å². The zero-order valence-corrected chi connectivity index (χ0v) is 12.0. The second-order valence-corrected chi connectivity index (χ2v) is 4.65. The lowest BCUT2D eigenvalue weighted by Crippen LogP contribution is -2.31. The van der Waals surface area contributed by atoms with E-state index in [0.29, 0.717) is 29.4 Å². The predicted octanol–water partition coefficient (Wildman–Crippen LogP) is 3.40. The van der Waals surface area contributed by atoms with Gasteiger partial charge < -0.3 is 4.90 Å². The largest absolute Gasteiger partial charge is 0.339 e. The molecule has 0 heterocycles. The Morgan fingerprint density at radius 1 is 1.41 bits per heavy atom. The van der Waals surface area contributed by atoms with E-state index in [1.54, 1.807) is 17.0 Å². The van der Waals surface area contributed by atoms with Crippen LogP contribution < -0.4 is 0 Å². The van der Waals surface area contributed by atoms with Crippen molar-refractivity contribution in [3.63, 3.8) is 0 Å². The number of hydrogen-bond donors (Lipinski definition) is 0. The summed E-state index contributed by atoms with van der Waals surface area (Å²) in [4.78, 5) is 24.8. The van der Waals surface area contributed by atoms with E-state index in [4.69, 9.17) is 11.6 Å². The highest BCUT2D eigenvalue weighted by Crippen LogP contribution is 2.28. The monoisotopic (exact) mass is 317 g/mol. The Bertz CT molecular complexity index is 444. The fourth-order valence-electron chi connectivity index (χ4n) is 1.55. The maximum absolute atomic E-state index is 12.1. The second-order valence-electron chi connectivity index (χ2n) is 3.42. The van der Waals surface area contributed by atoms with Gasteiger partial charge in [0.25, 0.3) is 5.91 Å². The number of rotatable bonds is 4. The molecule has 0 radical (unpaired) electrons.